The van der Waals surface area contributed by atoms with Gasteiger partial charge in [-0.1, -0.05) is 23.2 Å². The third-order valence-electron chi connectivity index (χ3n) is 2.25. The zero-order chi connectivity index (χ0) is 13.3. The van der Waals surface area contributed by atoms with Gasteiger partial charge in [0.2, 0.25) is 0 Å². The van der Waals surface area contributed by atoms with E-state index < -0.39 is 4.92 Å². The van der Waals surface area contributed by atoms with Crippen molar-refractivity contribution in [1.82, 2.24) is 9.78 Å². The number of aliphatic hydroxyl groups excluding tert-OH is 1. The third kappa shape index (κ3) is 2.31. The van der Waals surface area contributed by atoms with Crippen molar-refractivity contribution >= 4 is 28.9 Å². The van der Waals surface area contributed by atoms with Crippen molar-refractivity contribution in [3.05, 3.63) is 50.2 Å². The lowest BCUT2D eigenvalue weighted by Crippen LogP contribution is -1.99. The van der Waals surface area contributed by atoms with Crippen LogP contribution in [-0.4, -0.2) is 19.8 Å². The average molecular weight is 288 g/mol. The van der Waals surface area contributed by atoms with Crippen molar-refractivity contribution in [3.8, 4) is 5.69 Å². The second-order valence-electron chi connectivity index (χ2n) is 3.42. The van der Waals surface area contributed by atoms with E-state index in [0.717, 1.165) is 0 Å². The van der Waals surface area contributed by atoms with Crippen LogP contribution in [0.25, 0.3) is 5.69 Å². The first kappa shape index (κ1) is 12.8. The molecular formula is C10H7Cl2N3O3. The molecule has 0 amide bonds. The largest absolute Gasteiger partial charge is 0.390 e. The van der Waals surface area contributed by atoms with Crippen molar-refractivity contribution in [1.29, 1.82) is 0 Å². The zero-order valence-electron chi connectivity index (χ0n) is 8.88. The molecule has 0 saturated heterocycles. The number of hydrogen-bond donors (Lipinski definition) is 1. The van der Waals surface area contributed by atoms with Crippen LogP contribution in [0.5, 0.6) is 0 Å². The fraction of sp³-hybridized carbons (Fsp3) is 0.100. The molecule has 0 aliphatic rings. The molecule has 0 aliphatic heterocycles. The first-order valence-electron chi connectivity index (χ1n) is 4.82. The van der Waals surface area contributed by atoms with E-state index in [2.05, 4.69) is 5.10 Å². The number of halogens is 2. The number of benzene rings is 1. The molecule has 1 aromatic heterocycles. The maximum Gasteiger partial charge on any atom is 0.272 e. The summed E-state index contributed by atoms with van der Waals surface area (Å²) in [5.74, 6) is 0. The summed E-state index contributed by atoms with van der Waals surface area (Å²) in [4.78, 5) is 10.1. The molecular weight excluding hydrogens is 281 g/mol. The van der Waals surface area contributed by atoms with E-state index in [-0.39, 0.29) is 22.3 Å². The van der Waals surface area contributed by atoms with E-state index in [0.29, 0.717) is 11.4 Å². The molecule has 94 valence electrons. The summed E-state index contributed by atoms with van der Waals surface area (Å²) in [6.45, 7) is -0.213. The van der Waals surface area contributed by atoms with Crippen molar-refractivity contribution in [2.45, 2.75) is 6.61 Å². The fourth-order valence-corrected chi connectivity index (χ4v) is 2.10. The standard InChI is InChI=1S/C10H7Cl2N3O3/c11-8-3-7(15(17)18)4-9(12)10(8)14-2-1-6(5-16)13-14/h1-4,16H,5H2. The van der Waals surface area contributed by atoms with Crippen LogP contribution in [0, 0.1) is 10.1 Å². The average Bonchev–Trinajstić information content (AvgIpc) is 2.76. The maximum atomic E-state index is 10.6. The fourth-order valence-electron chi connectivity index (χ4n) is 1.45. The Bertz CT molecular complexity index is 589. The van der Waals surface area contributed by atoms with Crippen LogP contribution in [-0.2, 0) is 6.61 Å². The number of aromatic nitrogens is 2. The molecule has 6 nitrogen and oxygen atoms in total. The summed E-state index contributed by atoms with van der Waals surface area (Å²) >= 11 is 11.9. The molecule has 1 aromatic carbocycles. The smallest absolute Gasteiger partial charge is 0.272 e. The summed E-state index contributed by atoms with van der Waals surface area (Å²) in [6.07, 6.45) is 1.56. The predicted octanol–water partition coefficient (Wildman–Crippen LogP) is 2.58. The predicted molar refractivity (Wildman–Crippen MR) is 66.2 cm³/mol. The summed E-state index contributed by atoms with van der Waals surface area (Å²) in [5.41, 5.74) is 0.590. The molecule has 8 heteroatoms. The topological polar surface area (TPSA) is 81.2 Å². The molecule has 18 heavy (non-hydrogen) atoms. The number of non-ortho nitro benzene ring substituents is 1. The van der Waals surface area contributed by atoms with Crippen LogP contribution in [0.4, 0.5) is 5.69 Å². The van der Waals surface area contributed by atoms with Gasteiger partial charge in [0.15, 0.2) is 0 Å². The van der Waals surface area contributed by atoms with Gasteiger partial charge in [-0.3, -0.25) is 10.1 Å². The minimum atomic E-state index is -0.580. The Hall–Kier alpha value is -1.63. The van der Waals surface area contributed by atoms with Gasteiger partial charge in [-0.2, -0.15) is 5.10 Å². The number of nitro benzene ring substituents is 1. The lowest BCUT2D eigenvalue weighted by atomic mass is 10.3. The molecule has 1 N–H and O–H groups in total. The minimum absolute atomic E-state index is 0.113. The van der Waals surface area contributed by atoms with E-state index in [1.165, 1.54) is 16.8 Å². The van der Waals surface area contributed by atoms with Crippen molar-refractivity contribution in [3.63, 3.8) is 0 Å². The van der Waals surface area contributed by atoms with Gasteiger partial charge >= 0.3 is 0 Å². The lowest BCUT2D eigenvalue weighted by Gasteiger charge is -2.06. The molecule has 0 bridgehead atoms. The van der Waals surface area contributed by atoms with Crippen molar-refractivity contribution in [2.24, 2.45) is 0 Å². The Morgan fingerprint density at radius 1 is 1.39 bits per heavy atom. The van der Waals surface area contributed by atoms with E-state index in [1.54, 1.807) is 12.3 Å². The van der Waals surface area contributed by atoms with Crippen molar-refractivity contribution in [2.75, 3.05) is 0 Å². The van der Waals surface area contributed by atoms with Crippen LogP contribution in [0.1, 0.15) is 5.69 Å². The van der Waals surface area contributed by atoms with Crippen LogP contribution in [0.2, 0.25) is 10.0 Å². The van der Waals surface area contributed by atoms with Gasteiger partial charge in [0.05, 0.1) is 27.3 Å². The number of rotatable bonds is 3. The molecule has 1 heterocycles. The Morgan fingerprint density at radius 3 is 2.44 bits per heavy atom. The normalized spacial score (nSPS) is 10.6. The highest BCUT2D eigenvalue weighted by molar-refractivity contribution is 6.38. The Kier molecular flexibility index (Phi) is 3.51. The molecule has 0 saturated carbocycles. The maximum absolute atomic E-state index is 10.6. The van der Waals surface area contributed by atoms with Crippen LogP contribution in [0.15, 0.2) is 24.4 Å². The van der Waals surface area contributed by atoms with Gasteiger partial charge in [0.1, 0.15) is 5.69 Å². The van der Waals surface area contributed by atoms with Gasteiger partial charge in [-0.15, -0.1) is 0 Å². The third-order valence-corrected chi connectivity index (χ3v) is 2.82. The number of hydrogen-bond acceptors (Lipinski definition) is 4. The first-order valence-corrected chi connectivity index (χ1v) is 5.57. The van der Waals surface area contributed by atoms with Gasteiger partial charge in [0, 0.05) is 18.3 Å². The van der Waals surface area contributed by atoms with Crippen LogP contribution in [0.3, 0.4) is 0 Å². The number of nitro groups is 1. The minimum Gasteiger partial charge on any atom is -0.390 e. The number of nitrogens with zero attached hydrogens (tertiary/aromatic N) is 3. The molecule has 2 rings (SSSR count). The van der Waals surface area contributed by atoms with Gasteiger partial charge in [-0.05, 0) is 6.07 Å². The first-order chi connectivity index (χ1) is 8.52. The van der Waals surface area contributed by atoms with E-state index in [9.17, 15) is 10.1 Å². The highest BCUT2D eigenvalue weighted by Crippen LogP contribution is 2.32. The SMILES string of the molecule is O=[N+]([O-])c1cc(Cl)c(-n2ccc(CO)n2)c(Cl)c1. The van der Waals surface area contributed by atoms with E-state index in [4.69, 9.17) is 28.3 Å². The second-order valence-corrected chi connectivity index (χ2v) is 4.24. The summed E-state index contributed by atoms with van der Waals surface area (Å²) < 4.78 is 1.36. The van der Waals surface area contributed by atoms with Crippen LogP contribution < -0.4 is 0 Å². The molecule has 0 aliphatic carbocycles. The lowest BCUT2D eigenvalue weighted by molar-refractivity contribution is -0.384. The zero-order valence-corrected chi connectivity index (χ0v) is 10.4. The molecule has 0 spiro atoms. The van der Waals surface area contributed by atoms with Crippen LogP contribution >= 0.6 is 23.2 Å². The molecule has 2 aromatic rings. The summed E-state index contributed by atoms with van der Waals surface area (Å²) in [7, 11) is 0. The molecule has 0 atom stereocenters. The monoisotopic (exact) mass is 287 g/mol. The Labute approximate surface area is 112 Å². The summed E-state index contributed by atoms with van der Waals surface area (Å²) in [6, 6.07) is 3.99. The summed E-state index contributed by atoms with van der Waals surface area (Å²) in [5, 5.41) is 23.8. The second kappa shape index (κ2) is 4.93. The van der Waals surface area contributed by atoms with Gasteiger partial charge in [-0.25, -0.2) is 4.68 Å². The molecule has 0 radical (unpaired) electrons. The van der Waals surface area contributed by atoms with E-state index >= 15 is 0 Å². The highest BCUT2D eigenvalue weighted by atomic mass is 35.5. The molecule has 0 unspecified atom stereocenters. The Balaban J connectivity index is 2.54. The highest BCUT2D eigenvalue weighted by Gasteiger charge is 2.16. The number of aliphatic hydroxyl groups is 1. The Morgan fingerprint density at radius 2 is 2.00 bits per heavy atom. The van der Waals surface area contributed by atoms with E-state index in [1.807, 2.05) is 0 Å². The van der Waals surface area contributed by atoms with Gasteiger partial charge < -0.3 is 5.11 Å². The van der Waals surface area contributed by atoms with Crippen molar-refractivity contribution < 1.29 is 10.0 Å². The van der Waals surface area contributed by atoms with Gasteiger partial charge in [0.25, 0.3) is 5.69 Å². The molecule has 0 fully saturated rings. The quantitative estimate of drug-likeness (QED) is 0.695.